The molecule has 1 amide bonds. The van der Waals surface area contributed by atoms with E-state index in [1.54, 1.807) is 25.4 Å². The van der Waals surface area contributed by atoms with Gasteiger partial charge in [0.05, 0.1) is 24.5 Å². The molecule has 5 heteroatoms. The highest BCUT2D eigenvalue weighted by Gasteiger charge is 2.26. The average molecular weight is 237 g/mol. The molecule has 1 heterocycles. The molecule has 0 aliphatic carbocycles. The first-order valence-electron chi connectivity index (χ1n) is 5.56. The van der Waals surface area contributed by atoms with Crippen molar-refractivity contribution < 1.29 is 9.53 Å². The van der Waals surface area contributed by atoms with Crippen LogP contribution in [0.1, 0.15) is 20.8 Å². The molecule has 0 saturated carbocycles. The zero-order valence-corrected chi connectivity index (χ0v) is 10.7. The van der Waals surface area contributed by atoms with Gasteiger partial charge >= 0.3 is 0 Å². The van der Waals surface area contributed by atoms with Gasteiger partial charge in [0.15, 0.2) is 0 Å². The largest absolute Gasteiger partial charge is 0.481 e. The quantitative estimate of drug-likeness (QED) is 0.813. The number of aromatic nitrogens is 1. The van der Waals surface area contributed by atoms with Gasteiger partial charge in [-0.25, -0.2) is 4.98 Å². The van der Waals surface area contributed by atoms with Gasteiger partial charge in [0.25, 0.3) is 0 Å². The Morgan fingerprint density at radius 1 is 1.47 bits per heavy atom. The van der Waals surface area contributed by atoms with E-state index >= 15 is 0 Å². The lowest BCUT2D eigenvalue weighted by molar-refractivity contribution is -0.121. The van der Waals surface area contributed by atoms with Gasteiger partial charge in [-0.2, -0.15) is 0 Å². The van der Waals surface area contributed by atoms with Crippen LogP contribution in [0.25, 0.3) is 0 Å². The summed E-state index contributed by atoms with van der Waals surface area (Å²) in [6.45, 7) is 6.37. The van der Waals surface area contributed by atoms with Crippen molar-refractivity contribution in [2.45, 2.75) is 26.3 Å². The Bertz CT molecular complexity index is 374. The summed E-state index contributed by atoms with van der Waals surface area (Å²) in [6, 6.07) is 3.46. The van der Waals surface area contributed by atoms with Gasteiger partial charge in [-0.3, -0.25) is 4.79 Å². The lowest BCUT2D eigenvalue weighted by atomic mass is 10.0. The smallest absolute Gasteiger partial charge is 0.244 e. The molecule has 1 rings (SSSR count). The van der Waals surface area contributed by atoms with E-state index in [2.05, 4.69) is 15.6 Å². The molecule has 0 aromatic carbocycles. The zero-order valence-electron chi connectivity index (χ0n) is 10.7. The number of pyridine rings is 1. The van der Waals surface area contributed by atoms with Crippen molar-refractivity contribution in [1.29, 1.82) is 0 Å². The van der Waals surface area contributed by atoms with Gasteiger partial charge < -0.3 is 15.4 Å². The topological polar surface area (TPSA) is 63.2 Å². The van der Waals surface area contributed by atoms with Crippen molar-refractivity contribution in [3.63, 3.8) is 0 Å². The Hall–Kier alpha value is -1.62. The van der Waals surface area contributed by atoms with Crippen molar-refractivity contribution in [3.05, 3.63) is 18.3 Å². The molecule has 1 aromatic heterocycles. The summed E-state index contributed by atoms with van der Waals surface area (Å²) in [5, 5.41) is 5.91. The van der Waals surface area contributed by atoms with E-state index in [1.807, 2.05) is 20.8 Å². The highest BCUT2D eigenvalue weighted by Crippen LogP contribution is 2.13. The summed E-state index contributed by atoms with van der Waals surface area (Å²) in [6.07, 6.45) is 1.57. The molecule has 94 valence electrons. The van der Waals surface area contributed by atoms with E-state index in [9.17, 15) is 4.79 Å². The van der Waals surface area contributed by atoms with Crippen LogP contribution in [-0.2, 0) is 4.79 Å². The van der Waals surface area contributed by atoms with Crippen LogP contribution in [0.5, 0.6) is 5.88 Å². The van der Waals surface area contributed by atoms with E-state index in [1.165, 1.54) is 0 Å². The molecule has 2 N–H and O–H groups in total. The van der Waals surface area contributed by atoms with Crippen molar-refractivity contribution >= 4 is 11.6 Å². The number of hydrogen-bond acceptors (Lipinski definition) is 4. The number of carbonyl (C=O) groups excluding carboxylic acids is 1. The van der Waals surface area contributed by atoms with Crippen LogP contribution in [0, 0.1) is 0 Å². The van der Waals surface area contributed by atoms with Crippen LogP contribution in [0.3, 0.4) is 0 Å². The minimum absolute atomic E-state index is 0.0914. The number of carbonyl (C=O) groups is 1. The lowest BCUT2D eigenvalue weighted by Gasteiger charge is -2.24. The Morgan fingerprint density at radius 2 is 2.18 bits per heavy atom. The maximum Gasteiger partial charge on any atom is 0.244 e. The molecule has 0 bridgehead atoms. The Morgan fingerprint density at radius 3 is 2.65 bits per heavy atom. The predicted molar refractivity (Wildman–Crippen MR) is 67.2 cm³/mol. The van der Waals surface area contributed by atoms with Crippen molar-refractivity contribution in [1.82, 2.24) is 10.3 Å². The van der Waals surface area contributed by atoms with Gasteiger partial charge in [0.2, 0.25) is 11.8 Å². The number of ether oxygens (including phenoxy) is 1. The van der Waals surface area contributed by atoms with Gasteiger partial charge in [-0.1, -0.05) is 6.92 Å². The monoisotopic (exact) mass is 237 g/mol. The van der Waals surface area contributed by atoms with Crippen LogP contribution in [0.15, 0.2) is 18.3 Å². The standard InChI is InChI=1S/C12H19N3O2/c1-5-14-12(2,3)11(16)15-9-6-7-10(17-4)13-8-9/h6-8,14H,5H2,1-4H3,(H,15,16). The highest BCUT2D eigenvalue weighted by molar-refractivity contribution is 5.97. The minimum atomic E-state index is -0.603. The summed E-state index contributed by atoms with van der Waals surface area (Å²) in [7, 11) is 1.55. The van der Waals surface area contributed by atoms with Gasteiger partial charge in [0.1, 0.15) is 0 Å². The van der Waals surface area contributed by atoms with Gasteiger partial charge in [0, 0.05) is 6.07 Å². The fourth-order valence-corrected chi connectivity index (χ4v) is 1.38. The normalized spacial score (nSPS) is 11.1. The third-order valence-corrected chi connectivity index (χ3v) is 2.39. The van der Waals surface area contributed by atoms with Crippen LogP contribution < -0.4 is 15.4 Å². The molecule has 0 radical (unpaired) electrons. The third-order valence-electron chi connectivity index (χ3n) is 2.39. The fraction of sp³-hybridized carbons (Fsp3) is 0.500. The summed E-state index contributed by atoms with van der Waals surface area (Å²) >= 11 is 0. The predicted octanol–water partition coefficient (Wildman–Crippen LogP) is 1.42. The van der Waals surface area contributed by atoms with E-state index in [0.717, 1.165) is 6.54 Å². The fourth-order valence-electron chi connectivity index (χ4n) is 1.38. The number of likely N-dealkylation sites (N-methyl/N-ethyl adjacent to an activating group) is 1. The summed E-state index contributed by atoms with van der Waals surface area (Å²) in [4.78, 5) is 16.0. The second-order valence-electron chi connectivity index (χ2n) is 4.20. The first-order valence-corrected chi connectivity index (χ1v) is 5.56. The summed E-state index contributed by atoms with van der Waals surface area (Å²) in [5.74, 6) is 0.431. The molecule has 5 nitrogen and oxygen atoms in total. The van der Waals surface area contributed by atoms with Gasteiger partial charge in [-0.15, -0.1) is 0 Å². The number of nitrogens with zero attached hydrogens (tertiary/aromatic N) is 1. The lowest BCUT2D eigenvalue weighted by Crippen LogP contribution is -2.49. The van der Waals surface area contributed by atoms with E-state index < -0.39 is 5.54 Å². The van der Waals surface area contributed by atoms with Crippen molar-refractivity contribution in [2.24, 2.45) is 0 Å². The maximum absolute atomic E-state index is 11.9. The SMILES string of the molecule is CCNC(C)(C)C(=O)Nc1ccc(OC)nc1. The highest BCUT2D eigenvalue weighted by atomic mass is 16.5. The van der Waals surface area contributed by atoms with Gasteiger partial charge in [-0.05, 0) is 26.5 Å². The minimum Gasteiger partial charge on any atom is -0.481 e. The number of rotatable bonds is 5. The van der Waals surface area contributed by atoms with E-state index in [4.69, 9.17) is 4.74 Å². The second kappa shape index (κ2) is 5.63. The number of amides is 1. The molecule has 0 unspecified atom stereocenters. The van der Waals surface area contributed by atoms with Crippen LogP contribution in [0.2, 0.25) is 0 Å². The Balaban J connectivity index is 2.67. The number of anilines is 1. The zero-order chi connectivity index (χ0) is 12.9. The Kier molecular flexibility index (Phi) is 4.45. The summed E-state index contributed by atoms with van der Waals surface area (Å²) < 4.78 is 4.94. The second-order valence-corrected chi connectivity index (χ2v) is 4.20. The summed E-state index contributed by atoms with van der Waals surface area (Å²) in [5.41, 5.74) is 0.0519. The number of hydrogen-bond donors (Lipinski definition) is 2. The molecular weight excluding hydrogens is 218 g/mol. The molecule has 0 atom stereocenters. The first-order chi connectivity index (χ1) is 7.99. The first kappa shape index (κ1) is 13.4. The molecule has 0 aliphatic rings. The average Bonchev–Trinajstić information content (AvgIpc) is 2.30. The molecular formula is C12H19N3O2. The number of nitrogens with one attached hydrogen (secondary N) is 2. The van der Waals surface area contributed by atoms with Crippen LogP contribution >= 0.6 is 0 Å². The van der Waals surface area contributed by atoms with E-state index in [-0.39, 0.29) is 5.91 Å². The van der Waals surface area contributed by atoms with Crippen molar-refractivity contribution in [3.8, 4) is 5.88 Å². The number of methoxy groups -OCH3 is 1. The van der Waals surface area contributed by atoms with Crippen LogP contribution in [-0.4, -0.2) is 30.1 Å². The molecule has 1 aromatic rings. The molecule has 0 saturated heterocycles. The van der Waals surface area contributed by atoms with Crippen LogP contribution in [0.4, 0.5) is 5.69 Å². The Labute approximate surface area is 102 Å². The molecule has 0 aliphatic heterocycles. The maximum atomic E-state index is 11.9. The van der Waals surface area contributed by atoms with E-state index in [0.29, 0.717) is 11.6 Å². The molecule has 17 heavy (non-hydrogen) atoms. The van der Waals surface area contributed by atoms with Crippen molar-refractivity contribution in [2.75, 3.05) is 19.0 Å². The molecule has 0 spiro atoms. The molecule has 0 fully saturated rings. The third kappa shape index (κ3) is 3.71.